The minimum atomic E-state index is -2.29. The number of thioether (sulfide) groups is 1. The molecule has 15 heteroatoms. The van der Waals surface area contributed by atoms with Crippen LogP contribution < -0.4 is 21.3 Å². The van der Waals surface area contributed by atoms with Crippen molar-refractivity contribution in [2.75, 3.05) is 25.6 Å². The third kappa shape index (κ3) is 10.2. The molecule has 6 atom stereocenters. The summed E-state index contributed by atoms with van der Waals surface area (Å²) < 4.78 is 0. The fourth-order valence-corrected chi connectivity index (χ4v) is 2.76. The highest BCUT2D eigenvalue weighted by atomic mass is 32.2. The van der Waals surface area contributed by atoms with Crippen LogP contribution in [0.5, 0.6) is 0 Å². The summed E-state index contributed by atoms with van der Waals surface area (Å²) in [4.78, 5) is 58.8. The largest absolute Gasteiger partial charge is 0.480 e. The zero-order chi connectivity index (χ0) is 25.0. The number of aliphatic carboxylic acids is 2. The summed E-state index contributed by atoms with van der Waals surface area (Å²) in [5, 5.41) is 55.6. The van der Waals surface area contributed by atoms with E-state index in [0.29, 0.717) is 0 Å². The van der Waals surface area contributed by atoms with Gasteiger partial charge in [0.2, 0.25) is 17.7 Å². The molecule has 0 spiro atoms. The van der Waals surface area contributed by atoms with Crippen LogP contribution in [-0.4, -0.2) is 117 Å². The van der Waals surface area contributed by atoms with E-state index >= 15 is 0 Å². The summed E-state index contributed by atoms with van der Waals surface area (Å²) in [5.74, 6) is -5.50. The van der Waals surface area contributed by atoms with Crippen molar-refractivity contribution in [2.24, 2.45) is 0 Å². The molecule has 0 heterocycles. The quantitative estimate of drug-likeness (QED) is 0.108. The van der Waals surface area contributed by atoms with Crippen molar-refractivity contribution in [3.63, 3.8) is 0 Å². The molecule has 14 nitrogen and oxygen atoms in total. The van der Waals surface area contributed by atoms with Crippen molar-refractivity contribution in [1.29, 1.82) is 0 Å². The molecule has 4 unspecified atom stereocenters. The Morgan fingerprint density at radius 2 is 1.47 bits per heavy atom. The molecular weight excluding hydrogens is 452 g/mol. The van der Waals surface area contributed by atoms with E-state index < -0.39 is 79.1 Å². The van der Waals surface area contributed by atoms with Gasteiger partial charge in [-0.2, -0.15) is 11.8 Å². The summed E-state index contributed by atoms with van der Waals surface area (Å²) in [6.45, 7) is 0.827. The minimum absolute atomic E-state index is 0.0385. The maximum absolute atomic E-state index is 12.5. The van der Waals surface area contributed by atoms with Crippen LogP contribution in [0.4, 0.5) is 0 Å². The number of carbonyl (C=O) groups is 5. The topological polar surface area (TPSA) is 235 Å². The van der Waals surface area contributed by atoms with Gasteiger partial charge in [-0.25, -0.2) is 9.59 Å². The first-order valence-corrected chi connectivity index (χ1v) is 10.8. The van der Waals surface area contributed by atoms with Gasteiger partial charge in [0.25, 0.3) is 0 Å². The van der Waals surface area contributed by atoms with Crippen LogP contribution in [0.25, 0.3) is 0 Å². The molecule has 0 radical (unpaired) electrons. The maximum atomic E-state index is 12.5. The molecule has 0 aliphatic rings. The second-order valence-electron chi connectivity index (χ2n) is 6.78. The van der Waals surface area contributed by atoms with E-state index in [1.807, 2.05) is 0 Å². The predicted octanol–water partition coefficient (Wildman–Crippen LogP) is -4.31. The average Bonchev–Trinajstić information content (AvgIpc) is 2.74. The fraction of sp³-hybridized carbons (Fsp3) is 0.706. The van der Waals surface area contributed by atoms with Crippen LogP contribution in [0.1, 0.15) is 13.3 Å². The number of hydrogen-bond donors (Lipinski definition) is 9. The summed E-state index contributed by atoms with van der Waals surface area (Å²) >= 11 is 1.16. The highest BCUT2D eigenvalue weighted by molar-refractivity contribution is 7.98. The molecule has 3 amide bonds. The molecule has 0 aromatic rings. The van der Waals surface area contributed by atoms with Gasteiger partial charge >= 0.3 is 11.9 Å². The highest BCUT2D eigenvalue weighted by Crippen LogP contribution is 2.03. The van der Waals surface area contributed by atoms with Crippen LogP contribution in [-0.2, 0) is 24.0 Å². The standard InChI is InChI=1S/C17H30N4O10S/c1-7(18-2)14(26)20-8(15(27)21-9(6-32-3)16(28)29)4-11(23)19-5-10(22)12(24)13(25)17(30)31/h7-10,12-13,18,22,24-25H,4-6H2,1-3H3,(H,19,23)(H,20,26)(H,21,27)(H,28,29)(H,30,31)/t7-,8?,9-,10?,12?,13?/m0/s1. The van der Waals surface area contributed by atoms with Gasteiger partial charge in [0.1, 0.15) is 24.3 Å². The summed E-state index contributed by atoms with van der Waals surface area (Å²) in [5.41, 5.74) is 0. The number of aliphatic hydroxyl groups is 3. The van der Waals surface area contributed by atoms with E-state index in [1.165, 1.54) is 14.0 Å². The summed E-state index contributed by atoms with van der Waals surface area (Å²) in [6.07, 6.45) is -5.23. The molecular formula is C17H30N4O10S. The summed E-state index contributed by atoms with van der Waals surface area (Å²) in [7, 11) is 1.49. The van der Waals surface area contributed by atoms with E-state index in [-0.39, 0.29) is 5.75 Å². The van der Waals surface area contributed by atoms with Crippen molar-refractivity contribution < 1.29 is 49.5 Å². The van der Waals surface area contributed by atoms with Crippen molar-refractivity contribution in [1.82, 2.24) is 21.3 Å². The molecule has 184 valence electrons. The molecule has 9 N–H and O–H groups in total. The predicted molar refractivity (Wildman–Crippen MR) is 112 cm³/mol. The molecule has 0 aromatic carbocycles. The highest BCUT2D eigenvalue weighted by Gasteiger charge is 2.32. The average molecular weight is 483 g/mol. The van der Waals surface area contributed by atoms with Gasteiger partial charge in [-0.1, -0.05) is 0 Å². The first-order chi connectivity index (χ1) is 14.8. The lowest BCUT2D eigenvalue weighted by molar-refractivity contribution is -0.157. The minimum Gasteiger partial charge on any atom is -0.480 e. The molecule has 0 aromatic heterocycles. The van der Waals surface area contributed by atoms with Gasteiger partial charge in [0, 0.05) is 12.3 Å². The lowest BCUT2D eigenvalue weighted by Gasteiger charge is -2.23. The number of aliphatic hydroxyl groups excluding tert-OH is 3. The third-order valence-corrected chi connectivity index (χ3v) is 4.94. The van der Waals surface area contributed by atoms with Gasteiger partial charge in [-0.3, -0.25) is 14.4 Å². The fourth-order valence-electron chi connectivity index (χ4n) is 2.20. The molecule has 0 bridgehead atoms. The molecule has 0 saturated carbocycles. The lowest BCUT2D eigenvalue weighted by atomic mass is 10.1. The van der Waals surface area contributed by atoms with Crippen molar-refractivity contribution >= 4 is 41.4 Å². The Morgan fingerprint density at radius 3 is 1.94 bits per heavy atom. The van der Waals surface area contributed by atoms with Gasteiger partial charge in [-0.15, -0.1) is 0 Å². The number of carbonyl (C=O) groups excluding carboxylic acids is 3. The molecule has 0 saturated heterocycles. The van der Waals surface area contributed by atoms with Crippen LogP contribution >= 0.6 is 11.8 Å². The number of carboxylic acid groups (broad SMARTS) is 2. The first kappa shape index (κ1) is 29.5. The Hall–Kier alpha value is -2.46. The zero-order valence-electron chi connectivity index (χ0n) is 17.8. The Morgan fingerprint density at radius 1 is 0.906 bits per heavy atom. The normalized spacial score (nSPS) is 16.6. The van der Waals surface area contributed by atoms with E-state index in [4.69, 9.17) is 5.11 Å². The van der Waals surface area contributed by atoms with E-state index in [9.17, 15) is 44.4 Å². The number of rotatable bonds is 15. The Kier molecular flexibility index (Phi) is 13.5. The van der Waals surface area contributed by atoms with Crippen molar-refractivity contribution in [3.8, 4) is 0 Å². The molecule has 0 aliphatic carbocycles. The number of likely N-dealkylation sites (N-methyl/N-ethyl adjacent to an activating group) is 1. The maximum Gasteiger partial charge on any atom is 0.335 e. The van der Waals surface area contributed by atoms with Gasteiger partial charge in [0.05, 0.1) is 12.5 Å². The molecule has 0 rings (SSSR count). The SMILES string of the molecule is CN[C@@H](C)C(=O)NC(CC(=O)NCC(O)C(O)C(O)C(=O)O)C(=O)N[C@@H](CSC)C(=O)O. The monoisotopic (exact) mass is 482 g/mol. The van der Waals surface area contributed by atoms with Gasteiger partial charge in [0.15, 0.2) is 6.10 Å². The van der Waals surface area contributed by atoms with Crippen LogP contribution in [0, 0.1) is 0 Å². The Labute approximate surface area is 188 Å². The van der Waals surface area contributed by atoms with Crippen LogP contribution in [0.3, 0.4) is 0 Å². The molecule has 0 aliphatic heterocycles. The number of carboxylic acids is 2. The molecule has 0 fully saturated rings. The number of amides is 3. The van der Waals surface area contributed by atoms with E-state index in [0.717, 1.165) is 11.8 Å². The van der Waals surface area contributed by atoms with Crippen LogP contribution in [0.15, 0.2) is 0 Å². The second-order valence-corrected chi connectivity index (χ2v) is 7.69. The molecule has 32 heavy (non-hydrogen) atoms. The summed E-state index contributed by atoms with van der Waals surface area (Å²) in [6, 6.07) is -3.46. The van der Waals surface area contributed by atoms with Crippen molar-refractivity contribution in [2.45, 2.75) is 49.8 Å². The smallest absolute Gasteiger partial charge is 0.335 e. The van der Waals surface area contributed by atoms with Gasteiger partial charge in [-0.05, 0) is 20.2 Å². The third-order valence-electron chi connectivity index (χ3n) is 4.28. The second kappa shape index (κ2) is 14.6. The lowest BCUT2D eigenvalue weighted by Crippen LogP contribution is -2.56. The first-order valence-electron chi connectivity index (χ1n) is 9.39. The van der Waals surface area contributed by atoms with Crippen molar-refractivity contribution in [3.05, 3.63) is 0 Å². The van der Waals surface area contributed by atoms with Gasteiger partial charge < -0.3 is 46.8 Å². The number of nitrogens with one attached hydrogen (secondary N) is 4. The number of hydrogen-bond acceptors (Lipinski definition) is 10. The zero-order valence-corrected chi connectivity index (χ0v) is 18.6. The van der Waals surface area contributed by atoms with E-state index in [2.05, 4.69) is 21.3 Å². The van der Waals surface area contributed by atoms with Crippen LogP contribution in [0.2, 0.25) is 0 Å². The van der Waals surface area contributed by atoms with E-state index in [1.54, 1.807) is 6.26 Å². The Balaban J connectivity index is 5.20. The Bertz CT molecular complexity index is 680.